The van der Waals surface area contributed by atoms with E-state index in [4.69, 9.17) is 14.2 Å². The van der Waals surface area contributed by atoms with E-state index in [-0.39, 0.29) is 32.1 Å². The normalized spacial score (nSPS) is 18.2. The minimum Gasteiger partial charge on any atom is -0.497 e. The third-order valence-electron chi connectivity index (χ3n) is 7.18. The van der Waals surface area contributed by atoms with Gasteiger partial charge >= 0.3 is 0 Å². The molecule has 3 rings (SSSR count). The Kier molecular flexibility index (Phi) is 13.4. The average molecular weight is 697 g/mol. The number of aliphatic hydroxyl groups excluding tert-OH is 3. The van der Waals surface area contributed by atoms with Crippen molar-refractivity contribution in [2.45, 2.75) is 63.9 Å². The monoisotopic (exact) mass is 696 g/mol. The molecule has 1 aliphatic carbocycles. The van der Waals surface area contributed by atoms with Crippen LogP contribution in [0.15, 0.2) is 48.0 Å². The number of carbonyl (C=O) groups is 2. The number of ether oxygens (including phenoxy) is 3. The molecule has 0 fully saturated rings. The van der Waals surface area contributed by atoms with Gasteiger partial charge in [0.2, 0.25) is 11.8 Å². The van der Waals surface area contributed by atoms with E-state index in [2.05, 4.69) is 27.9 Å². The number of nitrogens with one attached hydrogen (secondary N) is 1. The van der Waals surface area contributed by atoms with Crippen molar-refractivity contribution >= 4 is 34.4 Å². The van der Waals surface area contributed by atoms with Crippen LogP contribution in [0.2, 0.25) is 0 Å². The van der Waals surface area contributed by atoms with Crippen molar-refractivity contribution < 1.29 is 39.1 Å². The number of halogens is 1. The Morgan fingerprint density at radius 2 is 1.90 bits per heavy atom. The van der Waals surface area contributed by atoms with Gasteiger partial charge in [0.1, 0.15) is 18.0 Å². The zero-order valence-corrected chi connectivity index (χ0v) is 26.5. The van der Waals surface area contributed by atoms with Crippen molar-refractivity contribution in [2.75, 3.05) is 33.9 Å². The lowest BCUT2D eigenvalue weighted by molar-refractivity contribution is -0.138. The van der Waals surface area contributed by atoms with Crippen LogP contribution in [0.5, 0.6) is 17.2 Å². The topological polar surface area (TPSA) is 138 Å². The lowest BCUT2D eigenvalue weighted by atomic mass is 9.87. The minimum absolute atomic E-state index is 0.0677. The van der Waals surface area contributed by atoms with Crippen LogP contribution in [0.4, 0.5) is 0 Å². The number of unbranched alkanes of at least 4 members (excludes halogenated alkanes) is 1. The van der Waals surface area contributed by atoms with Gasteiger partial charge in [-0.05, 0) is 76.9 Å². The Balaban J connectivity index is 1.99. The van der Waals surface area contributed by atoms with Gasteiger partial charge in [-0.2, -0.15) is 0 Å². The van der Waals surface area contributed by atoms with Crippen molar-refractivity contribution in [3.63, 3.8) is 0 Å². The predicted octanol–water partition coefficient (Wildman–Crippen LogP) is 2.98. The first-order chi connectivity index (χ1) is 20.3. The van der Waals surface area contributed by atoms with E-state index < -0.39 is 24.2 Å². The van der Waals surface area contributed by atoms with Crippen molar-refractivity contribution in [3.8, 4) is 17.2 Å². The molecule has 0 saturated carbocycles. The number of rotatable bonds is 15. The summed E-state index contributed by atoms with van der Waals surface area (Å²) in [5, 5.41) is 33.3. The molecule has 0 saturated heterocycles. The summed E-state index contributed by atoms with van der Waals surface area (Å²) in [6, 6.07) is 10.3. The average Bonchev–Trinajstić information content (AvgIpc) is 3.00. The molecule has 3 unspecified atom stereocenters. The minimum atomic E-state index is -1.16. The number of aliphatic hydroxyl groups is 3. The number of benzene rings is 2. The van der Waals surface area contributed by atoms with Crippen LogP contribution in [0.1, 0.15) is 43.7 Å². The summed E-state index contributed by atoms with van der Waals surface area (Å²) in [5.74, 6) is 0.921. The highest BCUT2D eigenvalue weighted by Crippen LogP contribution is 2.37. The molecule has 1 aliphatic rings. The van der Waals surface area contributed by atoms with Crippen molar-refractivity contribution in [3.05, 3.63) is 62.7 Å². The maximum atomic E-state index is 13.6. The van der Waals surface area contributed by atoms with Crippen molar-refractivity contribution in [1.82, 2.24) is 10.2 Å². The molecule has 2 aromatic rings. The SMILES string of the molecule is CCCCC(=O)N(CCc1cccc(OC)c1)C1CC(C(=O)NCCO)=CC(Oc2c(I)cc(CO)cc2OC)C1O. The summed E-state index contributed by atoms with van der Waals surface area (Å²) < 4.78 is 17.8. The maximum absolute atomic E-state index is 13.6. The fourth-order valence-electron chi connectivity index (χ4n) is 4.92. The van der Waals surface area contributed by atoms with Crippen LogP contribution in [0.3, 0.4) is 0 Å². The van der Waals surface area contributed by atoms with E-state index in [0.717, 1.165) is 12.0 Å². The Morgan fingerprint density at radius 1 is 1.12 bits per heavy atom. The number of carbonyl (C=O) groups excluding carboxylic acids is 2. The van der Waals surface area contributed by atoms with E-state index in [1.54, 1.807) is 30.2 Å². The van der Waals surface area contributed by atoms with Gasteiger partial charge in [0.05, 0.1) is 37.0 Å². The van der Waals surface area contributed by atoms with Gasteiger partial charge in [0.25, 0.3) is 0 Å². The largest absolute Gasteiger partial charge is 0.497 e. The molecule has 230 valence electrons. The highest BCUT2D eigenvalue weighted by Gasteiger charge is 2.40. The zero-order chi connectivity index (χ0) is 30.6. The Labute approximate surface area is 260 Å². The van der Waals surface area contributed by atoms with Crippen molar-refractivity contribution in [1.29, 1.82) is 0 Å². The van der Waals surface area contributed by atoms with Gasteiger partial charge in [-0.15, -0.1) is 0 Å². The molecule has 0 radical (unpaired) electrons. The second kappa shape index (κ2) is 16.7. The van der Waals surface area contributed by atoms with Crippen LogP contribution in [0.25, 0.3) is 0 Å². The summed E-state index contributed by atoms with van der Waals surface area (Å²) in [6.07, 6.45) is 1.91. The molecule has 0 heterocycles. The molecule has 0 aliphatic heterocycles. The first-order valence-corrected chi connectivity index (χ1v) is 15.2. The fourth-order valence-corrected chi connectivity index (χ4v) is 5.71. The summed E-state index contributed by atoms with van der Waals surface area (Å²) >= 11 is 2.07. The molecular formula is C31H41IN2O8. The van der Waals surface area contributed by atoms with Gasteiger partial charge < -0.3 is 39.7 Å². The molecule has 4 N–H and O–H groups in total. The van der Waals surface area contributed by atoms with Crippen LogP contribution < -0.4 is 19.5 Å². The van der Waals surface area contributed by atoms with Gasteiger partial charge in [-0.25, -0.2) is 0 Å². The van der Waals surface area contributed by atoms with E-state index in [0.29, 0.717) is 57.8 Å². The fraction of sp³-hybridized carbons (Fsp3) is 0.484. The zero-order valence-electron chi connectivity index (χ0n) is 24.3. The first kappa shape index (κ1) is 33.6. The predicted molar refractivity (Wildman–Crippen MR) is 167 cm³/mol. The number of methoxy groups -OCH3 is 2. The first-order valence-electron chi connectivity index (χ1n) is 14.1. The van der Waals surface area contributed by atoms with Crippen LogP contribution in [0, 0.1) is 3.57 Å². The molecule has 3 atom stereocenters. The molecule has 0 bridgehead atoms. The van der Waals surface area contributed by atoms with Gasteiger partial charge in [-0.3, -0.25) is 9.59 Å². The number of hydrogen-bond donors (Lipinski definition) is 4. The third kappa shape index (κ3) is 8.82. The van der Waals surface area contributed by atoms with Gasteiger partial charge in [0.15, 0.2) is 11.5 Å². The standard InChI is InChI=1S/C31H41IN2O8/c1-4-5-9-28(37)34(12-10-20-7-6-8-23(14-20)40-2)25-17-22(31(39)33-11-13-35)18-26(29(25)38)42-30-24(32)15-21(19-36)16-27(30)41-3/h6-8,14-16,18,25-26,29,35-36,38H,4-5,9-13,17,19H2,1-3H3,(H,33,39). The lowest BCUT2D eigenvalue weighted by Gasteiger charge is -2.41. The maximum Gasteiger partial charge on any atom is 0.247 e. The molecule has 0 aromatic heterocycles. The van der Waals surface area contributed by atoms with E-state index in [9.17, 15) is 24.9 Å². The summed E-state index contributed by atoms with van der Waals surface area (Å²) in [4.78, 5) is 28.3. The van der Waals surface area contributed by atoms with E-state index >= 15 is 0 Å². The summed E-state index contributed by atoms with van der Waals surface area (Å²) in [5.41, 5.74) is 1.95. The van der Waals surface area contributed by atoms with Crippen LogP contribution >= 0.6 is 22.6 Å². The Hall–Kier alpha value is -2.87. The molecule has 11 heteroatoms. The molecule has 0 spiro atoms. The van der Waals surface area contributed by atoms with Gasteiger partial charge in [0, 0.05) is 31.5 Å². The van der Waals surface area contributed by atoms with Crippen LogP contribution in [-0.4, -0.2) is 84.2 Å². The highest BCUT2D eigenvalue weighted by atomic mass is 127. The van der Waals surface area contributed by atoms with Crippen LogP contribution in [-0.2, 0) is 22.6 Å². The van der Waals surface area contributed by atoms with E-state index in [1.165, 1.54) is 7.11 Å². The second-order valence-electron chi connectivity index (χ2n) is 10.1. The summed E-state index contributed by atoms with van der Waals surface area (Å²) in [7, 11) is 3.08. The lowest BCUT2D eigenvalue weighted by Crippen LogP contribution is -2.55. The van der Waals surface area contributed by atoms with E-state index in [1.807, 2.05) is 31.2 Å². The third-order valence-corrected chi connectivity index (χ3v) is 7.98. The quantitative estimate of drug-likeness (QED) is 0.209. The molecular weight excluding hydrogens is 655 g/mol. The molecule has 2 aromatic carbocycles. The molecule has 10 nitrogen and oxygen atoms in total. The second-order valence-corrected chi connectivity index (χ2v) is 11.2. The Morgan fingerprint density at radius 3 is 2.57 bits per heavy atom. The van der Waals surface area contributed by atoms with Gasteiger partial charge in [-0.1, -0.05) is 25.5 Å². The van der Waals surface area contributed by atoms with Crippen molar-refractivity contribution in [2.24, 2.45) is 0 Å². The number of nitrogens with zero attached hydrogens (tertiary/aromatic N) is 1. The molecule has 2 amide bonds. The number of amides is 2. The number of hydrogen-bond acceptors (Lipinski definition) is 8. The smallest absolute Gasteiger partial charge is 0.247 e. The highest BCUT2D eigenvalue weighted by molar-refractivity contribution is 14.1. The Bertz CT molecular complexity index is 1240. The summed E-state index contributed by atoms with van der Waals surface area (Å²) in [6.45, 7) is 1.99. The molecule has 42 heavy (non-hydrogen) atoms.